The predicted octanol–water partition coefficient (Wildman–Crippen LogP) is 10.4. The first-order valence-electron chi connectivity index (χ1n) is 20.1. The van der Waals surface area contributed by atoms with Crippen molar-refractivity contribution in [1.29, 1.82) is 0 Å². The number of carbonyl (C=O) groups is 2. The minimum Gasteiger partial charge on any atom is -0.756 e. The summed E-state index contributed by atoms with van der Waals surface area (Å²) < 4.78 is 33.7. The zero-order chi connectivity index (χ0) is 39.3. The van der Waals surface area contributed by atoms with Crippen LogP contribution in [0.2, 0.25) is 0 Å². The molecule has 0 saturated carbocycles. The first-order valence-corrected chi connectivity index (χ1v) is 21.6. The molecule has 0 bridgehead atoms. The molecule has 0 fully saturated rings. The van der Waals surface area contributed by atoms with Crippen LogP contribution in [0.5, 0.6) is 0 Å². The second-order valence-electron chi connectivity index (χ2n) is 14.3. The number of ether oxygens (including phenoxy) is 2. The van der Waals surface area contributed by atoms with E-state index in [4.69, 9.17) is 18.5 Å². The summed E-state index contributed by atoms with van der Waals surface area (Å²) in [4.78, 5) is 37.3. The van der Waals surface area contributed by atoms with Gasteiger partial charge in [-0.05, 0) is 77.0 Å². The molecule has 0 saturated heterocycles. The minimum absolute atomic E-state index is 0.0428. The molecule has 0 N–H and O–H groups in total. The van der Waals surface area contributed by atoms with Crippen LogP contribution in [0.3, 0.4) is 0 Å². The van der Waals surface area contributed by atoms with Crippen molar-refractivity contribution in [3.05, 3.63) is 72.9 Å². The Morgan fingerprint density at radius 1 is 0.604 bits per heavy atom. The summed E-state index contributed by atoms with van der Waals surface area (Å²) in [7, 11) is 1.12. The third kappa shape index (κ3) is 39.0. The molecule has 304 valence electrons. The third-order valence-corrected chi connectivity index (χ3v) is 8.91. The van der Waals surface area contributed by atoms with Crippen molar-refractivity contribution in [2.24, 2.45) is 0 Å². The van der Waals surface area contributed by atoms with Gasteiger partial charge in [0.15, 0.2) is 6.10 Å². The Morgan fingerprint density at radius 3 is 1.64 bits per heavy atom. The Morgan fingerprint density at radius 2 is 1.08 bits per heavy atom. The lowest BCUT2D eigenvalue weighted by atomic mass is 10.1. The number of allylic oxidation sites excluding steroid dienone is 12. The average Bonchev–Trinajstić information content (AvgIpc) is 3.10. The van der Waals surface area contributed by atoms with Gasteiger partial charge < -0.3 is 27.9 Å². The van der Waals surface area contributed by atoms with E-state index in [0.29, 0.717) is 23.9 Å². The molecule has 0 aliphatic rings. The summed E-state index contributed by atoms with van der Waals surface area (Å²) in [5.74, 6) is -0.895. The van der Waals surface area contributed by atoms with Crippen molar-refractivity contribution in [3.8, 4) is 0 Å². The Balaban J connectivity index is 4.48. The van der Waals surface area contributed by atoms with E-state index in [0.717, 1.165) is 89.9 Å². The average molecular weight is 764 g/mol. The topological polar surface area (TPSA) is 111 Å². The van der Waals surface area contributed by atoms with E-state index in [2.05, 4.69) is 86.8 Å². The normalized spacial score (nSPS) is 14.5. The molecule has 0 rings (SSSR count). The molecule has 0 heterocycles. The Bertz CT molecular complexity index is 1140. The van der Waals surface area contributed by atoms with Gasteiger partial charge in [0.1, 0.15) is 19.8 Å². The van der Waals surface area contributed by atoms with Gasteiger partial charge in [0.2, 0.25) is 0 Å². The molecule has 0 aromatic carbocycles. The van der Waals surface area contributed by atoms with E-state index in [1.165, 1.54) is 6.42 Å². The monoisotopic (exact) mass is 764 g/mol. The molecular weight excluding hydrogens is 689 g/mol. The largest absolute Gasteiger partial charge is 0.756 e. The van der Waals surface area contributed by atoms with Crippen molar-refractivity contribution in [2.45, 2.75) is 142 Å². The minimum atomic E-state index is -4.63. The quantitative estimate of drug-likeness (QED) is 0.0206. The number of quaternary nitrogens is 1. The molecule has 0 aromatic heterocycles. The maximum Gasteiger partial charge on any atom is 0.306 e. The molecule has 0 radical (unpaired) electrons. The van der Waals surface area contributed by atoms with Crippen LogP contribution in [-0.2, 0) is 32.7 Å². The number of hydrogen-bond donors (Lipinski definition) is 0. The van der Waals surface area contributed by atoms with Gasteiger partial charge in [0, 0.05) is 12.8 Å². The molecule has 10 heteroatoms. The maximum absolute atomic E-state index is 12.6. The van der Waals surface area contributed by atoms with Crippen LogP contribution >= 0.6 is 7.82 Å². The summed E-state index contributed by atoms with van der Waals surface area (Å²) in [6.07, 6.45) is 42.2. The number of nitrogens with zero attached hydrogens (tertiary/aromatic N) is 1. The SMILES string of the molecule is CC/C=C\C/C=C\C/C=C\C/C=C\C/C=C\CCCCCC(=O)OC(COC(=O)CCCCCCC/C=C\CCC)COP(=O)([O-])OCC[N+](C)(C)C. The predicted molar refractivity (Wildman–Crippen MR) is 217 cm³/mol. The van der Waals surface area contributed by atoms with Gasteiger partial charge in [0.25, 0.3) is 7.82 Å². The first kappa shape index (κ1) is 50.5. The van der Waals surface area contributed by atoms with Crippen LogP contribution in [0, 0.1) is 0 Å². The molecule has 0 aliphatic carbocycles. The van der Waals surface area contributed by atoms with E-state index in [-0.39, 0.29) is 26.1 Å². The van der Waals surface area contributed by atoms with E-state index in [1.807, 2.05) is 21.1 Å². The van der Waals surface area contributed by atoms with Gasteiger partial charge in [-0.25, -0.2) is 0 Å². The van der Waals surface area contributed by atoms with E-state index >= 15 is 0 Å². The molecule has 0 aromatic rings. The standard InChI is InChI=1S/C43H74NO8P/c1-6-8-10-12-14-16-18-19-20-21-22-23-24-25-26-28-30-32-34-36-43(46)52-41(40-51-53(47,48)50-38-37-44(3,4)5)39-49-42(45)35-33-31-29-27-17-15-13-11-9-7-2/h8,10-11,13-14,16,19-20,22-23,25-26,41H,6-7,9,12,15,17-18,21,24,27-40H2,1-5H3/b10-8-,13-11-,16-14-,20-19-,23-22-,26-25-. The summed E-state index contributed by atoms with van der Waals surface area (Å²) in [6, 6.07) is 0. The fourth-order valence-corrected chi connectivity index (χ4v) is 5.53. The number of phosphoric acid groups is 1. The molecule has 9 nitrogen and oxygen atoms in total. The summed E-state index contributed by atoms with van der Waals surface area (Å²) in [5.41, 5.74) is 0. The number of rotatable bonds is 35. The number of hydrogen-bond acceptors (Lipinski definition) is 8. The Hall–Kier alpha value is -2.55. The van der Waals surface area contributed by atoms with Gasteiger partial charge in [0.05, 0.1) is 27.7 Å². The highest BCUT2D eigenvalue weighted by molar-refractivity contribution is 7.45. The van der Waals surface area contributed by atoms with Crippen LogP contribution in [0.4, 0.5) is 0 Å². The van der Waals surface area contributed by atoms with Crippen molar-refractivity contribution in [1.82, 2.24) is 0 Å². The highest BCUT2D eigenvalue weighted by Gasteiger charge is 2.21. The maximum atomic E-state index is 12.6. The molecule has 0 aliphatic heterocycles. The lowest BCUT2D eigenvalue weighted by Crippen LogP contribution is -2.37. The second kappa shape index (κ2) is 35.2. The number of esters is 2. The molecular formula is C43H74NO8P. The van der Waals surface area contributed by atoms with Crippen LogP contribution < -0.4 is 4.89 Å². The first-order chi connectivity index (χ1) is 25.5. The Kier molecular flexibility index (Phi) is 33.5. The van der Waals surface area contributed by atoms with Crippen molar-refractivity contribution in [3.63, 3.8) is 0 Å². The van der Waals surface area contributed by atoms with Crippen LogP contribution in [0.25, 0.3) is 0 Å². The number of phosphoric ester groups is 1. The molecule has 2 unspecified atom stereocenters. The number of unbranched alkanes of at least 4 members (excludes halogenated alkanes) is 9. The molecule has 0 spiro atoms. The molecule has 0 amide bonds. The van der Waals surface area contributed by atoms with Crippen molar-refractivity contribution < 1.29 is 42.1 Å². The zero-order valence-corrected chi connectivity index (χ0v) is 34.8. The van der Waals surface area contributed by atoms with Crippen LogP contribution in [-0.4, -0.2) is 70.0 Å². The highest BCUT2D eigenvalue weighted by atomic mass is 31.2. The van der Waals surface area contributed by atoms with Crippen molar-refractivity contribution in [2.75, 3.05) is 47.5 Å². The van der Waals surface area contributed by atoms with E-state index in [9.17, 15) is 19.0 Å². The summed E-state index contributed by atoms with van der Waals surface area (Å²) in [5, 5.41) is 0. The Labute approximate surface area is 323 Å². The summed E-state index contributed by atoms with van der Waals surface area (Å²) >= 11 is 0. The summed E-state index contributed by atoms with van der Waals surface area (Å²) in [6.45, 7) is 3.96. The van der Waals surface area contributed by atoms with Crippen LogP contribution in [0.15, 0.2) is 72.9 Å². The number of carbonyl (C=O) groups excluding carboxylic acids is 2. The second-order valence-corrected chi connectivity index (χ2v) is 15.7. The fraction of sp³-hybridized carbons (Fsp3) is 0.674. The van der Waals surface area contributed by atoms with Gasteiger partial charge in [-0.2, -0.15) is 0 Å². The lowest BCUT2D eigenvalue weighted by Gasteiger charge is -2.28. The third-order valence-electron chi connectivity index (χ3n) is 7.94. The fourth-order valence-electron chi connectivity index (χ4n) is 4.80. The van der Waals surface area contributed by atoms with E-state index in [1.54, 1.807) is 0 Å². The lowest BCUT2D eigenvalue weighted by molar-refractivity contribution is -0.870. The van der Waals surface area contributed by atoms with Gasteiger partial charge >= 0.3 is 11.9 Å². The highest BCUT2D eigenvalue weighted by Crippen LogP contribution is 2.38. The van der Waals surface area contributed by atoms with Gasteiger partial charge in [-0.1, -0.05) is 119 Å². The zero-order valence-electron chi connectivity index (χ0n) is 33.9. The number of likely N-dealkylation sites (N-methyl/N-ethyl adjacent to an activating group) is 1. The molecule has 53 heavy (non-hydrogen) atoms. The molecule has 2 atom stereocenters. The van der Waals surface area contributed by atoms with E-state index < -0.39 is 32.5 Å². The van der Waals surface area contributed by atoms with Gasteiger partial charge in [-0.3, -0.25) is 14.2 Å². The van der Waals surface area contributed by atoms with Crippen LogP contribution in [0.1, 0.15) is 136 Å². The van der Waals surface area contributed by atoms with Crippen molar-refractivity contribution >= 4 is 19.8 Å². The smallest absolute Gasteiger partial charge is 0.306 e. The van der Waals surface area contributed by atoms with Gasteiger partial charge in [-0.15, -0.1) is 0 Å².